The van der Waals surface area contributed by atoms with Crippen LogP contribution in [0.4, 0.5) is 0 Å². The number of ether oxygens (including phenoxy) is 6. The summed E-state index contributed by atoms with van der Waals surface area (Å²) in [5.74, 6) is -3.11. The highest BCUT2D eigenvalue weighted by molar-refractivity contribution is 5.68. The lowest BCUT2D eigenvalue weighted by atomic mass is 9.98. The van der Waals surface area contributed by atoms with Crippen LogP contribution in [0, 0.1) is 0 Å². The van der Waals surface area contributed by atoms with Gasteiger partial charge in [0.1, 0.15) is 12.7 Å². The Labute approximate surface area is 178 Å². The predicted octanol–water partition coefficient (Wildman–Crippen LogP) is 0.854. The molecule has 3 unspecified atom stereocenters. The van der Waals surface area contributed by atoms with Crippen LogP contribution in [0.1, 0.15) is 27.7 Å². The van der Waals surface area contributed by atoms with E-state index in [9.17, 15) is 24.3 Å². The Balaban J connectivity index is 2.46. The molecular weight excluding hydrogens is 416 g/mol. The molecule has 0 saturated carbocycles. The molecule has 1 aliphatic rings. The molecule has 0 aliphatic carbocycles. The van der Waals surface area contributed by atoms with Gasteiger partial charge in [-0.1, -0.05) is 12.1 Å². The highest BCUT2D eigenvalue weighted by Crippen LogP contribution is 2.33. The SMILES string of the molecule is CC(=O)OCC1O[C@@H](Oc2ccccc2O)C(OC(C)=O)C(OC(C)=O)[C@@H]1OC(C)=O. The van der Waals surface area contributed by atoms with Gasteiger partial charge < -0.3 is 33.5 Å². The lowest BCUT2D eigenvalue weighted by Crippen LogP contribution is -2.63. The van der Waals surface area contributed by atoms with Gasteiger partial charge in [-0.25, -0.2) is 0 Å². The summed E-state index contributed by atoms with van der Waals surface area (Å²) < 4.78 is 32.3. The number of hydrogen-bond donors (Lipinski definition) is 1. The first kappa shape index (κ1) is 23.9. The van der Waals surface area contributed by atoms with Gasteiger partial charge in [0.05, 0.1) is 0 Å². The zero-order valence-corrected chi connectivity index (χ0v) is 17.4. The molecule has 1 heterocycles. The van der Waals surface area contributed by atoms with Gasteiger partial charge in [-0.05, 0) is 12.1 Å². The maximum atomic E-state index is 11.8. The molecular formula is C20H24O11. The molecule has 1 fully saturated rings. The highest BCUT2D eigenvalue weighted by atomic mass is 16.7. The molecule has 0 radical (unpaired) electrons. The summed E-state index contributed by atoms with van der Waals surface area (Å²) in [5.41, 5.74) is 0. The molecule has 1 aromatic rings. The van der Waals surface area contributed by atoms with Gasteiger partial charge in [0.15, 0.2) is 23.7 Å². The molecule has 11 nitrogen and oxygen atoms in total. The van der Waals surface area contributed by atoms with E-state index in [-0.39, 0.29) is 18.1 Å². The smallest absolute Gasteiger partial charge is 0.303 e. The van der Waals surface area contributed by atoms with Gasteiger partial charge in [-0.2, -0.15) is 0 Å². The standard InChI is InChI=1S/C20H24O11/c1-10(21)26-9-16-17(27-11(2)22)18(28-12(3)23)19(29-13(4)24)20(31-16)30-15-8-6-5-7-14(15)25/h5-8,16-20,25H,9H2,1-4H3/t16?,17-,18?,19?,20-/m1/s1. The molecule has 1 aliphatic heterocycles. The average molecular weight is 440 g/mol. The Morgan fingerprint density at radius 3 is 1.94 bits per heavy atom. The largest absolute Gasteiger partial charge is 0.504 e. The van der Waals surface area contributed by atoms with Gasteiger partial charge in [0.25, 0.3) is 0 Å². The Morgan fingerprint density at radius 1 is 0.839 bits per heavy atom. The number of rotatable bonds is 7. The number of benzene rings is 1. The number of hydrogen-bond acceptors (Lipinski definition) is 11. The van der Waals surface area contributed by atoms with Crippen molar-refractivity contribution in [2.24, 2.45) is 0 Å². The van der Waals surface area contributed by atoms with Crippen LogP contribution in [0.5, 0.6) is 11.5 Å². The molecule has 2 rings (SSSR count). The second-order valence-electron chi connectivity index (χ2n) is 6.65. The number of phenols is 1. The third-order valence-corrected chi connectivity index (χ3v) is 4.06. The Morgan fingerprint density at radius 2 is 1.39 bits per heavy atom. The van der Waals surface area contributed by atoms with E-state index in [0.717, 1.165) is 20.8 Å². The minimum atomic E-state index is -1.41. The third kappa shape index (κ3) is 6.85. The molecule has 31 heavy (non-hydrogen) atoms. The number of para-hydroxylation sites is 2. The molecule has 170 valence electrons. The fourth-order valence-electron chi connectivity index (χ4n) is 2.97. The van der Waals surface area contributed by atoms with E-state index in [1.165, 1.54) is 19.1 Å². The summed E-state index contributed by atoms with van der Waals surface area (Å²) in [7, 11) is 0. The van der Waals surface area contributed by atoms with Crippen LogP contribution in [0.2, 0.25) is 0 Å². The Bertz CT molecular complexity index is 821. The fraction of sp³-hybridized carbons (Fsp3) is 0.500. The van der Waals surface area contributed by atoms with E-state index < -0.39 is 54.6 Å². The number of phenolic OH excluding ortho intramolecular Hbond substituents is 1. The number of carbonyl (C=O) groups excluding carboxylic acids is 4. The van der Waals surface area contributed by atoms with Gasteiger partial charge in [-0.15, -0.1) is 0 Å². The van der Waals surface area contributed by atoms with Crippen molar-refractivity contribution in [3.8, 4) is 11.5 Å². The second kappa shape index (κ2) is 10.6. The first-order valence-corrected chi connectivity index (χ1v) is 9.33. The maximum Gasteiger partial charge on any atom is 0.303 e. The van der Waals surface area contributed by atoms with Crippen LogP contribution in [-0.2, 0) is 42.9 Å². The van der Waals surface area contributed by atoms with Crippen molar-refractivity contribution < 1.29 is 52.7 Å². The van der Waals surface area contributed by atoms with Crippen LogP contribution in [0.15, 0.2) is 24.3 Å². The third-order valence-electron chi connectivity index (χ3n) is 4.06. The average Bonchev–Trinajstić information content (AvgIpc) is 2.65. The number of carbonyl (C=O) groups is 4. The topological polar surface area (TPSA) is 144 Å². The highest BCUT2D eigenvalue weighted by Gasteiger charge is 2.53. The van der Waals surface area contributed by atoms with Crippen molar-refractivity contribution in [2.45, 2.75) is 58.4 Å². The predicted molar refractivity (Wildman–Crippen MR) is 101 cm³/mol. The van der Waals surface area contributed by atoms with Crippen LogP contribution in [0.25, 0.3) is 0 Å². The maximum absolute atomic E-state index is 11.8. The molecule has 0 bridgehead atoms. The van der Waals surface area contributed by atoms with E-state index in [4.69, 9.17) is 28.4 Å². The summed E-state index contributed by atoms with van der Waals surface area (Å²) >= 11 is 0. The molecule has 0 amide bonds. The molecule has 5 atom stereocenters. The zero-order chi connectivity index (χ0) is 23.1. The molecule has 1 saturated heterocycles. The quantitative estimate of drug-likeness (QED) is 0.476. The van der Waals surface area contributed by atoms with Crippen molar-refractivity contribution in [3.63, 3.8) is 0 Å². The van der Waals surface area contributed by atoms with E-state index in [1.807, 2.05) is 0 Å². The molecule has 0 aromatic heterocycles. The van der Waals surface area contributed by atoms with Gasteiger partial charge >= 0.3 is 23.9 Å². The lowest BCUT2D eigenvalue weighted by molar-refractivity contribution is -0.288. The molecule has 1 N–H and O–H groups in total. The minimum absolute atomic E-state index is 0.0107. The van der Waals surface area contributed by atoms with Crippen molar-refractivity contribution >= 4 is 23.9 Å². The van der Waals surface area contributed by atoms with Crippen LogP contribution >= 0.6 is 0 Å². The summed E-state index contributed by atoms with van der Waals surface area (Å²) in [4.78, 5) is 46.5. The normalized spacial score (nSPS) is 25.1. The first-order valence-electron chi connectivity index (χ1n) is 9.33. The monoisotopic (exact) mass is 440 g/mol. The van der Waals surface area contributed by atoms with Crippen molar-refractivity contribution in [1.82, 2.24) is 0 Å². The van der Waals surface area contributed by atoms with Crippen LogP contribution in [0.3, 0.4) is 0 Å². The van der Waals surface area contributed by atoms with Gasteiger partial charge in [0, 0.05) is 27.7 Å². The Hall–Kier alpha value is -3.34. The summed E-state index contributed by atoms with van der Waals surface area (Å²) in [6.45, 7) is 4.15. The minimum Gasteiger partial charge on any atom is -0.504 e. The first-order chi connectivity index (χ1) is 14.6. The van der Waals surface area contributed by atoms with Crippen LogP contribution in [-0.4, -0.2) is 66.3 Å². The lowest BCUT2D eigenvalue weighted by Gasteiger charge is -2.43. The van der Waals surface area contributed by atoms with Crippen LogP contribution < -0.4 is 4.74 Å². The van der Waals surface area contributed by atoms with E-state index in [0.29, 0.717) is 0 Å². The molecule has 0 spiro atoms. The summed E-state index contributed by atoms with van der Waals surface area (Å²) in [5, 5.41) is 10.0. The van der Waals surface area contributed by atoms with Gasteiger partial charge in [0.2, 0.25) is 12.4 Å². The summed E-state index contributed by atoms with van der Waals surface area (Å²) in [6.07, 6.45) is -6.56. The molecule has 11 heteroatoms. The van der Waals surface area contributed by atoms with E-state index in [2.05, 4.69) is 0 Å². The van der Waals surface area contributed by atoms with Gasteiger partial charge in [-0.3, -0.25) is 19.2 Å². The summed E-state index contributed by atoms with van der Waals surface area (Å²) in [6, 6.07) is 5.94. The fourth-order valence-corrected chi connectivity index (χ4v) is 2.97. The second-order valence-corrected chi connectivity index (χ2v) is 6.65. The number of esters is 4. The van der Waals surface area contributed by atoms with E-state index in [1.54, 1.807) is 12.1 Å². The Kier molecular flexibility index (Phi) is 8.20. The molecule has 1 aromatic carbocycles. The number of aromatic hydroxyl groups is 1. The zero-order valence-electron chi connectivity index (χ0n) is 17.4. The van der Waals surface area contributed by atoms with Crippen molar-refractivity contribution in [3.05, 3.63) is 24.3 Å². The van der Waals surface area contributed by atoms with Crippen molar-refractivity contribution in [1.29, 1.82) is 0 Å². The van der Waals surface area contributed by atoms with E-state index >= 15 is 0 Å². The van der Waals surface area contributed by atoms with Crippen molar-refractivity contribution in [2.75, 3.05) is 6.61 Å².